The molecule has 1 aliphatic heterocycles. The second-order valence-corrected chi connectivity index (χ2v) is 7.93. The van der Waals surface area contributed by atoms with Crippen LogP contribution >= 0.6 is 23.2 Å². The van der Waals surface area contributed by atoms with E-state index in [4.69, 9.17) is 33.3 Å². The van der Waals surface area contributed by atoms with Crippen LogP contribution in [0.15, 0.2) is 60.8 Å². The number of hydroxylamine groups is 1. The number of carbonyl (C=O) groups excluding carboxylic acids is 2. The van der Waals surface area contributed by atoms with E-state index in [0.29, 0.717) is 38.0 Å². The highest BCUT2D eigenvalue weighted by atomic mass is 35.5. The molecule has 4 rings (SSSR count). The summed E-state index contributed by atoms with van der Waals surface area (Å²) in [6.07, 6.45) is 1.42. The van der Waals surface area contributed by atoms with E-state index in [2.05, 4.69) is 15.8 Å². The van der Waals surface area contributed by atoms with Crippen LogP contribution in [-0.4, -0.2) is 16.8 Å². The monoisotopic (exact) mass is 466 g/mol. The van der Waals surface area contributed by atoms with Gasteiger partial charge < -0.3 is 5.32 Å². The minimum atomic E-state index is -0.795. The number of fused-ring (bicyclic) bond motifs is 1. The predicted molar refractivity (Wildman–Crippen MR) is 118 cm³/mol. The van der Waals surface area contributed by atoms with E-state index in [1.807, 2.05) is 6.07 Å². The van der Waals surface area contributed by atoms with Gasteiger partial charge in [-0.25, -0.2) is 5.48 Å². The largest absolute Gasteiger partial charge is 0.344 e. The molecule has 32 heavy (non-hydrogen) atoms. The van der Waals surface area contributed by atoms with Crippen molar-refractivity contribution in [1.29, 1.82) is 5.26 Å². The lowest BCUT2D eigenvalue weighted by Gasteiger charge is -2.33. The Bertz CT molecular complexity index is 1220. The number of rotatable bonds is 5. The fourth-order valence-corrected chi connectivity index (χ4v) is 4.11. The van der Waals surface area contributed by atoms with Gasteiger partial charge >= 0.3 is 0 Å². The molecule has 160 valence electrons. The van der Waals surface area contributed by atoms with Gasteiger partial charge in [-0.1, -0.05) is 47.5 Å². The van der Waals surface area contributed by atoms with Crippen molar-refractivity contribution < 1.29 is 14.4 Å². The van der Waals surface area contributed by atoms with Crippen LogP contribution in [0.5, 0.6) is 0 Å². The minimum Gasteiger partial charge on any atom is -0.344 e. The van der Waals surface area contributed by atoms with Gasteiger partial charge in [0.1, 0.15) is 12.7 Å². The number of hydrogen-bond donors (Lipinski definition) is 2. The molecule has 2 N–H and O–H groups in total. The number of nitriles is 1. The first-order chi connectivity index (χ1) is 15.5. The smallest absolute Gasteiger partial charge is 0.253 e. The van der Waals surface area contributed by atoms with Gasteiger partial charge in [0.05, 0.1) is 23.2 Å². The molecule has 2 atom stereocenters. The standard InChI is InChI=1S/C23H16Cl2N4O3/c24-14-6-8-18(19(25)9-14)21-20(16-3-1-2-4-17(16)22(30)28-21)23(31)29-32-12-15-7-5-13(10-26)11-27-15/h1-9,11,20-21H,12H2,(H,28,30)(H,29,31)/t20-,21+/m1/s1. The average molecular weight is 467 g/mol. The van der Waals surface area contributed by atoms with E-state index in [1.165, 1.54) is 6.20 Å². The number of hydrogen-bond acceptors (Lipinski definition) is 5. The fraction of sp³-hybridized carbons (Fsp3) is 0.130. The van der Waals surface area contributed by atoms with Gasteiger partial charge in [-0.2, -0.15) is 5.26 Å². The highest BCUT2D eigenvalue weighted by Crippen LogP contribution is 2.40. The summed E-state index contributed by atoms with van der Waals surface area (Å²) in [7, 11) is 0. The van der Waals surface area contributed by atoms with Crippen molar-refractivity contribution in [3.05, 3.63) is 98.8 Å². The van der Waals surface area contributed by atoms with Crippen molar-refractivity contribution in [3.8, 4) is 6.07 Å². The Morgan fingerprint density at radius 3 is 2.69 bits per heavy atom. The Balaban J connectivity index is 1.59. The summed E-state index contributed by atoms with van der Waals surface area (Å²) in [4.78, 5) is 35.4. The Hall–Kier alpha value is -3.44. The molecule has 3 aromatic rings. The molecule has 2 heterocycles. The number of nitrogens with zero attached hydrogens (tertiary/aromatic N) is 2. The van der Waals surface area contributed by atoms with Gasteiger partial charge in [0, 0.05) is 21.8 Å². The van der Waals surface area contributed by atoms with Crippen LogP contribution in [-0.2, 0) is 16.2 Å². The summed E-state index contributed by atoms with van der Waals surface area (Å²) < 4.78 is 0. The number of pyridine rings is 1. The van der Waals surface area contributed by atoms with Crippen molar-refractivity contribution >= 4 is 35.0 Å². The SMILES string of the molecule is N#Cc1ccc(CONC(=O)[C@@H]2c3ccccc3C(=O)N[C@H]2c2ccc(Cl)cc2Cl)nc1. The zero-order valence-electron chi connectivity index (χ0n) is 16.5. The molecule has 1 aliphatic rings. The molecule has 0 radical (unpaired) electrons. The van der Waals surface area contributed by atoms with E-state index in [0.717, 1.165) is 0 Å². The van der Waals surface area contributed by atoms with Crippen molar-refractivity contribution in [2.75, 3.05) is 0 Å². The molecule has 0 bridgehead atoms. The number of amides is 2. The van der Waals surface area contributed by atoms with Crippen LogP contribution in [0, 0.1) is 11.3 Å². The van der Waals surface area contributed by atoms with Crippen molar-refractivity contribution in [3.63, 3.8) is 0 Å². The van der Waals surface area contributed by atoms with Crippen LogP contribution in [0.3, 0.4) is 0 Å². The summed E-state index contributed by atoms with van der Waals surface area (Å²) in [5.41, 5.74) is 4.95. The highest BCUT2D eigenvalue weighted by molar-refractivity contribution is 6.35. The van der Waals surface area contributed by atoms with Gasteiger partial charge in [0.2, 0.25) is 0 Å². The molecule has 7 nitrogen and oxygen atoms in total. The summed E-state index contributed by atoms with van der Waals surface area (Å²) >= 11 is 12.4. The van der Waals surface area contributed by atoms with Crippen LogP contribution in [0.4, 0.5) is 0 Å². The molecule has 0 saturated heterocycles. The lowest BCUT2D eigenvalue weighted by molar-refractivity contribution is -0.137. The summed E-state index contributed by atoms with van der Waals surface area (Å²) in [6.45, 7) is 0.00451. The van der Waals surface area contributed by atoms with E-state index in [9.17, 15) is 9.59 Å². The highest BCUT2D eigenvalue weighted by Gasteiger charge is 2.40. The molecule has 0 unspecified atom stereocenters. The number of benzene rings is 2. The normalized spacial score (nSPS) is 17.1. The first-order valence-electron chi connectivity index (χ1n) is 9.59. The van der Waals surface area contributed by atoms with E-state index < -0.39 is 17.9 Å². The molecule has 1 aromatic heterocycles. The Labute approximate surface area is 193 Å². The molecule has 0 spiro atoms. The Kier molecular flexibility index (Phi) is 6.37. The minimum absolute atomic E-state index is 0.00451. The van der Waals surface area contributed by atoms with Crippen LogP contribution in [0.2, 0.25) is 10.0 Å². The number of nitrogens with one attached hydrogen (secondary N) is 2. The maximum atomic E-state index is 13.2. The van der Waals surface area contributed by atoms with Crippen LogP contribution < -0.4 is 10.8 Å². The summed E-state index contributed by atoms with van der Waals surface area (Å²) in [6, 6.07) is 16.3. The third kappa shape index (κ3) is 4.43. The van der Waals surface area contributed by atoms with Gasteiger partial charge in [-0.05, 0) is 41.5 Å². The zero-order valence-corrected chi connectivity index (χ0v) is 18.0. The average Bonchev–Trinajstić information content (AvgIpc) is 2.79. The fourth-order valence-electron chi connectivity index (χ4n) is 3.58. The molecule has 2 amide bonds. The van der Waals surface area contributed by atoms with Gasteiger partial charge in [-0.3, -0.25) is 19.4 Å². The maximum absolute atomic E-state index is 13.2. The Morgan fingerprint density at radius 1 is 1.16 bits per heavy atom. The lowest BCUT2D eigenvalue weighted by Crippen LogP contribution is -2.44. The molecule has 0 aliphatic carbocycles. The molecule has 2 aromatic carbocycles. The van der Waals surface area contributed by atoms with Crippen molar-refractivity contribution in [2.24, 2.45) is 0 Å². The van der Waals surface area contributed by atoms with Crippen molar-refractivity contribution in [1.82, 2.24) is 15.8 Å². The van der Waals surface area contributed by atoms with Crippen LogP contribution in [0.1, 0.15) is 44.7 Å². The molecule has 0 fully saturated rings. The Morgan fingerprint density at radius 2 is 1.97 bits per heavy atom. The van der Waals surface area contributed by atoms with Gasteiger partial charge in [-0.15, -0.1) is 0 Å². The topological polar surface area (TPSA) is 104 Å². The molecular formula is C23H16Cl2N4O3. The van der Waals surface area contributed by atoms with E-state index in [-0.39, 0.29) is 12.5 Å². The summed E-state index contributed by atoms with van der Waals surface area (Å²) in [5, 5.41) is 12.5. The number of halogens is 2. The lowest BCUT2D eigenvalue weighted by atomic mass is 9.80. The second-order valence-electron chi connectivity index (χ2n) is 7.09. The molecule has 0 saturated carbocycles. The maximum Gasteiger partial charge on any atom is 0.253 e. The number of aromatic nitrogens is 1. The van der Waals surface area contributed by atoms with E-state index >= 15 is 0 Å². The van der Waals surface area contributed by atoms with Crippen molar-refractivity contribution in [2.45, 2.75) is 18.6 Å². The molecular weight excluding hydrogens is 451 g/mol. The van der Waals surface area contributed by atoms with Crippen LogP contribution in [0.25, 0.3) is 0 Å². The number of carbonyl (C=O) groups is 2. The first kappa shape index (κ1) is 21.8. The summed E-state index contributed by atoms with van der Waals surface area (Å²) in [5.74, 6) is -1.55. The van der Waals surface area contributed by atoms with Gasteiger partial charge in [0.25, 0.3) is 11.8 Å². The predicted octanol–water partition coefficient (Wildman–Crippen LogP) is 4.08. The first-order valence-corrected chi connectivity index (χ1v) is 10.3. The zero-order chi connectivity index (χ0) is 22.7. The molecule has 9 heteroatoms. The third-order valence-corrected chi connectivity index (χ3v) is 5.65. The van der Waals surface area contributed by atoms with E-state index in [1.54, 1.807) is 54.6 Å². The quantitative estimate of drug-likeness (QED) is 0.551. The second kappa shape index (κ2) is 9.37. The third-order valence-electron chi connectivity index (χ3n) is 5.09. The van der Waals surface area contributed by atoms with Gasteiger partial charge in [0.15, 0.2) is 0 Å².